The number of thiophene rings is 1. The van der Waals surface area contributed by atoms with Crippen LogP contribution < -0.4 is 5.32 Å². The molecule has 0 spiro atoms. The number of halogens is 1. The third-order valence-corrected chi connectivity index (χ3v) is 5.82. The van der Waals surface area contributed by atoms with Gasteiger partial charge in [0.1, 0.15) is 0 Å². The highest BCUT2D eigenvalue weighted by Gasteiger charge is 2.13. The second-order valence-electron chi connectivity index (χ2n) is 5.90. The van der Waals surface area contributed by atoms with Gasteiger partial charge in [-0.2, -0.15) is 11.3 Å². The molecule has 0 aromatic carbocycles. The van der Waals surface area contributed by atoms with Gasteiger partial charge in [0.05, 0.1) is 0 Å². The third-order valence-electron chi connectivity index (χ3n) is 4.06. The lowest BCUT2D eigenvalue weighted by atomic mass is 10.0. The van der Waals surface area contributed by atoms with Crippen molar-refractivity contribution in [2.24, 2.45) is 0 Å². The number of hydrogen-bond acceptors (Lipinski definition) is 2. The first-order valence-electron chi connectivity index (χ1n) is 8.74. The summed E-state index contributed by atoms with van der Waals surface area (Å²) in [7, 11) is 0. The van der Waals surface area contributed by atoms with E-state index >= 15 is 0 Å². The summed E-state index contributed by atoms with van der Waals surface area (Å²) in [4.78, 5) is 0. The van der Waals surface area contributed by atoms with Crippen molar-refractivity contribution in [3.05, 3.63) is 20.8 Å². The summed E-state index contributed by atoms with van der Waals surface area (Å²) in [6, 6.07) is 0.528. The fourth-order valence-corrected chi connectivity index (χ4v) is 4.44. The molecule has 1 heterocycles. The van der Waals surface area contributed by atoms with E-state index in [4.69, 9.17) is 0 Å². The molecule has 1 atom stereocenters. The molecule has 0 aliphatic heterocycles. The maximum Gasteiger partial charge on any atom is 0.0339 e. The Morgan fingerprint density at radius 2 is 1.57 bits per heavy atom. The van der Waals surface area contributed by atoms with Crippen molar-refractivity contribution in [3.63, 3.8) is 0 Å². The molecule has 1 aromatic heterocycles. The van der Waals surface area contributed by atoms with Crippen molar-refractivity contribution >= 4 is 27.3 Å². The van der Waals surface area contributed by atoms with E-state index in [1.807, 2.05) is 0 Å². The normalized spacial score (nSPS) is 12.7. The number of rotatable bonds is 13. The van der Waals surface area contributed by atoms with E-state index in [1.54, 1.807) is 11.3 Å². The molecule has 0 amide bonds. The second-order valence-corrected chi connectivity index (χ2v) is 7.50. The minimum Gasteiger partial charge on any atom is -0.310 e. The Morgan fingerprint density at radius 3 is 2.10 bits per heavy atom. The van der Waals surface area contributed by atoms with Crippen LogP contribution in [-0.2, 0) is 0 Å². The van der Waals surface area contributed by atoms with Crippen LogP contribution in [0.4, 0.5) is 0 Å². The topological polar surface area (TPSA) is 12.0 Å². The first kappa shape index (κ1) is 19.2. The summed E-state index contributed by atoms with van der Waals surface area (Å²) in [6.45, 7) is 5.53. The fraction of sp³-hybridized carbons (Fsp3) is 0.778. The van der Waals surface area contributed by atoms with Crippen LogP contribution in [0.3, 0.4) is 0 Å². The molecule has 122 valence electrons. The van der Waals surface area contributed by atoms with Gasteiger partial charge in [-0.05, 0) is 39.8 Å². The van der Waals surface area contributed by atoms with E-state index in [-0.39, 0.29) is 0 Å². The van der Waals surface area contributed by atoms with Gasteiger partial charge in [-0.25, -0.2) is 0 Å². The molecule has 0 bridgehead atoms. The van der Waals surface area contributed by atoms with Crippen molar-refractivity contribution in [3.8, 4) is 0 Å². The van der Waals surface area contributed by atoms with Gasteiger partial charge in [0.25, 0.3) is 0 Å². The van der Waals surface area contributed by atoms with Crippen LogP contribution in [0, 0.1) is 0 Å². The number of hydrogen-bond donors (Lipinski definition) is 1. The van der Waals surface area contributed by atoms with Crippen molar-refractivity contribution < 1.29 is 0 Å². The highest BCUT2D eigenvalue weighted by atomic mass is 79.9. The molecule has 0 aliphatic rings. The monoisotopic (exact) mass is 373 g/mol. The lowest BCUT2D eigenvalue weighted by Crippen LogP contribution is -2.20. The van der Waals surface area contributed by atoms with E-state index in [1.165, 1.54) is 74.2 Å². The lowest BCUT2D eigenvalue weighted by molar-refractivity contribution is 0.474. The average molecular weight is 374 g/mol. The Hall–Kier alpha value is 0.140. The highest BCUT2D eigenvalue weighted by molar-refractivity contribution is 9.10. The molecular formula is C18H32BrNS. The van der Waals surface area contributed by atoms with Crippen LogP contribution >= 0.6 is 27.3 Å². The Morgan fingerprint density at radius 1 is 0.952 bits per heavy atom. The van der Waals surface area contributed by atoms with Gasteiger partial charge in [0.2, 0.25) is 0 Å². The lowest BCUT2D eigenvalue weighted by Gasteiger charge is -2.17. The van der Waals surface area contributed by atoms with Crippen molar-refractivity contribution in [1.29, 1.82) is 0 Å². The van der Waals surface area contributed by atoms with Gasteiger partial charge in [0, 0.05) is 15.9 Å². The molecule has 1 unspecified atom stereocenters. The Balaban J connectivity index is 2.10. The molecule has 1 N–H and O–H groups in total. The van der Waals surface area contributed by atoms with Crippen LogP contribution in [0.1, 0.15) is 89.7 Å². The quantitative estimate of drug-likeness (QED) is 0.364. The van der Waals surface area contributed by atoms with E-state index in [2.05, 4.69) is 45.9 Å². The fourth-order valence-electron chi connectivity index (χ4n) is 2.81. The van der Waals surface area contributed by atoms with E-state index in [9.17, 15) is 0 Å². The molecule has 0 saturated carbocycles. The van der Waals surface area contributed by atoms with E-state index in [0.29, 0.717) is 6.04 Å². The average Bonchev–Trinajstić information content (AvgIpc) is 2.90. The van der Waals surface area contributed by atoms with Crippen molar-refractivity contribution in [2.75, 3.05) is 6.54 Å². The SMILES string of the molecule is CCCCCCCCCCCC(NCC)c1cscc1Br. The minimum atomic E-state index is 0.528. The van der Waals surface area contributed by atoms with Crippen LogP contribution in [0.25, 0.3) is 0 Å². The summed E-state index contributed by atoms with van der Waals surface area (Å²) in [5.74, 6) is 0. The van der Waals surface area contributed by atoms with Gasteiger partial charge >= 0.3 is 0 Å². The summed E-state index contributed by atoms with van der Waals surface area (Å²) in [5, 5.41) is 8.10. The molecule has 1 nitrogen and oxygen atoms in total. The maximum atomic E-state index is 3.67. The molecular weight excluding hydrogens is 342 g/mol. The standard InChI is InChI=1S/C18H32BrNS/c1-3-5-6-7-8-9-10-11-12-13-18(20-4-2)16-14-21-15-17(16)19/h14-15,18,20H,3-13H2,1-2H3. The van der Waals surface area contributed by atoms with Crippen LogP contribution in [0.5, 0.6) is 0 Å². The zero-order valence-corrected chi connectivity index (χ0v) is 16.2. The van der Waals surface area contributed by atoms with E-state index < -0.39 is 0 Å². The summed E-state index contributed by atoms with van der Waals surface area (Å²) in [5.41, 5.74) is 1.45. The Labute approximate surface area is 144 Å². The third kappa shape index (κ3) is 8.37. The highest BCUT2D eigenvalue weighted by Crippen LogP contribution is 2.30. The Bertz CT molecular complexity index is 351. The summed E-state index contributed by atoms with van der Waals surface area (Å²) < 4.78 is 1.27. The molecule has 1 aromatic rings. The van der Waals surface area contributed by atoms with Gasteiger partial charge < -0.3 is 5.32 Å². The Kier molecular flexibility index (Phi) is 11.6. The first-order chi connectivity index (χ1) is 10.3. The van der Waals surface area contributed by atoms with Crippen LogP contribution in [0.2, 0.25) is 0 Å². The molecule has 0 saturated heterocycles. The van der Waals surface area contributed by atoms with Crippen LogP contribution in [-0.4, -0.2) is 6.54 Å². The van der Waals surface area contributed by atoms with Crippen molar-refractivity contribution in [1.82, 2.24) is 5.32 Å². The molecule has 3 heteroatoms. The number of nitrogens with one attached hydrogen (secondary N) is 1. The predicted molar refractivity (Wildman–Crippen MR) is 100 cm³/mol. The van der Waals surface area contributed by atoms with Gasteiger partial charge in [-0.1, -0.05) is 71.6 Å². The van der Waals surface area contributed by atoms with Gasteiger partial charge in [0.15, 0.2) is 0 Å². The maximum absolute atomic E-state index is 3.67. The smallest absolute Gasteiger partial charge is 0.0339 e. The van der Waals surface area contributed by atoms with Gasteiger partial charge in [-0.15, -0.1) is 0 Å². The van der Waals surface area contributed by atoms with E-state index in [0.717, 1.165) is 6.54 Å². The second kappa shape index (κ2) is 12.7. The first-order valence-corrected chi connectivity index (χ1v) is 10.5. The minimum absolute atomic E-state index is 0.528. The summed E-state index contributed by atoms with van der Waals surface area (Å²) >= 11 is 5.46. The molecule has 0 fully saturated rings. The summed E-state index contributed by atoms with van der Waals surface area (Å²) in [6.07, 6.45) is 13.9. The predicted octanol–water partition coefficient (Wildman–Crippen LogP) is 7.08. The van der Waals surface area contributed by atoms with Crippen molar-refractivity contribution in [2.45, 2.75) is 84.1 Å². The zero-order chi connectivity index (χ0) is 15.3. The van der Waals surface area contributed by atoms with Crippen LogP contribution in [0.15, 0.2) is 15.2 Å². The molecule has 1 rings (SSSR count). The molecule has 0 aliphatic carbocycles. The zero-order valence-electron chi connectivity index (χ0n) is 13.8. The molecule has 21 heavy (non-hydrogen) atoms. The largest absolute Gasteiger partial charge is 0.310 e. The molecule has 0 radical (unpaired) electrons. The van der Waals surface area contributed by atoms with Gasteiger partial charge in [-0.3, -0.25) is 0 Å². The number of unbranched alkanes of at least 4 members (excludes halogenated alkanes) is 8.